The second-order valence-electron chi connectivity index (χ2n) is 8.57. The zero-order valence-corrected chi connectivity index (χ0v) is 19.1. The molecule has 0 bridgehead atoms. The molecule has 0 spiro atoms. The van der Waals surface area contributed by atoms with E-state index in [1.54, 1.807) is 12.4 Å². The summed E-state index contributed by atoms with van der Waals surface area (Å²) >= 11 is 0. The SMILES string of the molecule is c1ccc(CC(CNc2nc(-c3cnc4nccn4c3)nc3ccccc23)c2ccccc2)cc1. The molecule has 0 amide bonds. The number of rotatable bonds is 7. The zero-order valence-electron chi connectivity index (χ0n) is 19.1. The van der Waals surface area contributed by atoms with Crippen molar-refractivity contribution < 1.29 is 0 Å². The lowest BCUT2D eigenvalue weighted by Crippen LogP contribution is -2.16. The van der Waals surface area contributed by atoms with Crippen LogP contribution in [0.4, 0.5) is 5.82 Å². The highest BCUT2D eigenvalue weighted by atomic mass is 15.1. The van der Waals surface area contributed by atoms with E-state index in [2.05, 4.69) is 82.0 Å². The van der Waals surface area contributed by atoms with Gasteiger partial charge in [0.15, 0.2) is 5.82 Å². The van der Waals surface area contributed by atoms with Crippen molar-refractivity contribution in [2.45, 2.75) is 12.3 Å². The number of para-hydroxylation sites is 1. The Morgan fingerprint density at radius 2 is 1.57 bits per heavy atom. The number of benzene rings is 3. The minimum absolute atomic E-state index is 0.291. The predicted octanol–water partition coefficient (Wildman–Crippen LogP) is 5.78. The van der Waals surface area contributed by atoms with E-state index in [1.165, 1.54) is 11.1 Å². The Hall–Kier alpha value is -4.58. The van der Waals surface area contributed by atoms with Crippen molar-refractivity contribution in [3.63, 3.8) is 0 Å². The van der Waals surface area contributed by atoms with Crippen LogP contribution in [0.3, 0.4) is 0 Å². The van der Waals surface area contributed by atoms with Crippen molar-refractivity contribution >= 4 is 22.5 Å². The van der Waals surface area contributed by atoms with Crippen molar-refractivity contribution in [3.05, 3.63) is 121 Å². The minimum Gasteiger partial charge on any atom is -0.369 e. The van der Waals surface area contributed by atoms with Gasteiger partial charge in [0, 0.05) is 42.6 Å². The number of anilines is 1. The largest absolute Gasteiger partial charge is 0.369 e. The third-order valence-electron chi connectivity index (χ3n) is 6.22. The Labute approximate surface area is 203 Å². The van der Waals surface area contributed by atoms with Crippen molar-refractivity contribution in [1.82, 2.24) is 24.3 Å². The molecule has 0 radical (unpaired) electrons. The van der Waals surface area contributed by atoms with Gasteiger partial charge in [-0.2, -0.15) is 0 Å². The average Bonchev–Trinajstić information content (AvgIpc) is 3.40. The highest BCUT2D eigenvalue weighted by Crippen LogP contribution is 2.27. The molecule has 0 fully saturated rings. The fourth-order valence-corrected chi connectivity index (χ4v) is 4.42. The summed E-state index contributed by atoms with van der Waals surface area (Å²) in [7, 11) is 0. The first-order valence-electron chi connectivity index (χ1n) is 11.7. The summed E-state index contributed by atoms with van der Waals surface area (Å²) in [5.74, 6) is 2.40. The summed E-state index contributed by atoms with van der Waals surface area (Å²) in [5.41, 5.74) is 4.35. The van der Waals surface area contributed by atoms with Crippen LogP contribution < -0.4 is 5.32 Å². The van der Waals surface area contributed by atoms with E-state index in [0.29, 0.717) is 17.5 Å². The highest BCUT2D eigenvalue weighted by Gasteiger charge is 2.15. The maximum Gasteiger partial charge on any atom is 0.233 e. The van der Waals surface area contributed by atoms with E-state index in [0.717, 1.165) is 35.2 Å². The maximum absolute atomic E-state index is 4.94. The molecule has 0 aliphatic carbocycles. The van der Waals surface area contributed by atoms with Crippen molar-refractivity contribution in [2.24, 2.45) is 0 Å². The summed E-state index contributed by atoms with van der Waals surface area (Å²) in [6.07, 6.45) is 8.29. The van der Waals surface area contributed by atoms with Crippen LogP contribution in [0.25, 0.3) is 28.1 Å². The van der Waals surface area contributed by atoms with Crippen molar-refractivity contribution in [2.75, 3.05) is 11.9 Å². The molecule has 1 atom stereocenters. The molecule has 6 rings (SSSR count). The number of nitrogens with zero attached hydrogens (tertiary/aromatic N) is 5. The predicted molar refractivity (Wildman–Crippen MR) is 139 cm³/mol. The summed E-state index contributed by atoms with van der Waals surface area (Å²) < 4.78 is 1.88. The molecule has 1 unspecified atom stereocenters. The van der Waals surface area contributed by atoms with E-state index in [-0.39, 0.29) is 0 Å². The van der Waals surface area contributed by atoms with Gasteiger partial charge in [0.2, 0.25) is 5.78 Å². The first-order valence-corrected chi connectivity index (χ1v) is 11.7. The van der Waals surface area contributed by atoms with Crippen LogP contribution in [-0.2, 0) is 6.42 Å². The third-order valence-corrected chi connectivity index (χ3v) is 6.22. The van der Waals surface area contributed by atoms with Gasteiger partial charge in [-0.15, -0.1) is 0 Å². The van der Waals surface area contributed by atoms with Gasteiger partial charge in [-0.25, -0.2) is 19.9 Å². The molecule has 35 heavy (non-hydrogen) atoms. The number of hydrogen-bond donors (Lipinski definition) is 1. The second kappa shape index (κ2) is 9.35. The monoisotopic (exact) mass is 456 g/mol. The molecule has 0 aliphatic rings. The van der Waals surface area contributed by atoms with Crippen LogP contribution in [0, 0.1) is 0 Å². The Morgan fingerprint density at radius 1 is 0.800 bits per heavy atom. The Bertz CT molecular complexity index is 1580. The average molecular weight is 457 g/mol. The topological polar surface area (TPSA) is 68.0 Å². The molecule has 6 heteroatoms. The molecule has 0 saturated heterocycles. The number of fused-ring (bicyclic) bond motifs is 2. The third kappa shape index (κ3) is 4.46. The lowest BCUT2D eigenvalue weighted by molar-refractivity contribution is 0.715. The second-order valence-corrected chi connectivity index (χ2v) is 8.57. The summed E-state index contributed by atoms with van der Waals surface area (Å²) in [4.78, 5) is 18.4. The number of aromatic nitrogens is 5. The van der Waals surface area contributed by atoms with Crippen LogP contribution in [0.2, 0.25) is 0 Å². The number of hydrogen-bond acceptors (Lipinski definition) is 5. The lowest BCUT2D eigenvalue weighted by Gasteiger charge is -2.20. The zero-order chi connectivity index (χ0) is 23.5. The molecule has 3 heterocycles. The number of imidazole rings is 1. The van der Waals surface area contributed by atoms with Crippen molar-refractivity contribution in [1.29, 1.82) is 0 Å². The van der Waals surface area contributed by atoms with E-state index >= 15 is 0 Å². The maximum atomic E-state index is 4.94. The van der Waals surface area contributed by atoms with Crippen LogP contribution in [0.1, 0.15) is 17.0 Å². The van der Waals surface area contributed by atoms with E-state index in [4.69, 9.17) is 9.97 Å². The fraction of sp³-hybridized carbons (Fsp3) is 0.103. The van der Waals surface area contributed by atoms with Crippen molar-refractivity contribution in [3.8, 4) is 11.4 Å². The van der Waals surface area contributed by atoms with Gasteiger partial charge in [-0.05, 0) is 29.7 Å². The Morgan fingerprint density at radius 3 is 2.43 bits per heavy atom. The quantitative estimate of drug-likeness (QED) is 0.330. The molecule has 0 saturated carbocycles. The van der Waals surface area contributed by atoms with E-state index in [9.17, 15) is 0 Å². The lowest BCUT2D eigenvalue weighted by atomic mass is 9.92. The molecule has 3 aromatic heterocycles. The van der Waals surface area contributed by atoms with Gasteiger partial charge in [0.1, 0.15) is 5.82 Å². The summed E-state index contributed by atoms with van der Waals surface area (Å²) in [5, 5.41) is 4.66. The Kier molecular flexibility index (Phi) is 5.60. The molecule has 6 nitrogen and oxygen atoms in total. The standard InChI is InChI=1S/C29H24N6/c1-3-9-21(10-4-1)17-23(22-11-5-2-6-12-22)18-31-28-25-13-7-8-14-26(25)33-27(34-28)24-19-32-29-30-15-16-35(29)20-24/h1-16,19-20,23H,17-18H2,(H,31,33,34). The normalized spacial score (nSPS) is 12.1. The Balaban J connectivity index is 1.35. The fourth-order valence-electron chi connectivity index (χ4n) is 4.42. The van der Waals surface area contributed by atoms with Crippen LogP contribution >= 0.6 is 0 Å². The van der Waals surface area contributed by atoms with Gasteiger partial charge in [0.05, 0.1) is 11.1 Å². The van der Waals surface area contributed by atoms with Gasteiger partial charge < -0.3 is 5.32 Å². The molecule has 0 aliphatic heterocycles. The molecule has 170 valence electrons. The first kappa shape index (κ1) is 21.0. The summed E-state index contributed by atoms with van der Waals surface area (Å²) in [6, 6.07) is 29.4. The molecule has 1 N–H and O–H groups in total. The van der Waals surface area contributed by atoms with Crippen LogP contribution in [0.15, 0.2) is 110 Å². The molecular weight excluding hydrogens is 432 g/mol. The smallest absolute Gasteiger partial charge is 0.233 e. The highest BCUT2D eigenvalue weighted by molar-refractivity contribution is 5.90. The van der Waals surface area contributed by atoms with E-state index < -0.39 is 0 Å². The summed E-state index contributed by atoms with van der Waals surface area (Å²) in [6.45, 7) is 0.748. The van der Waals surface area contributed by atoms with Gasteiger partial charge in [-0.1, -0.05) is 72.8 Å². The number of nitrogens with one attached hydrogen (secondary N) is 1. The first-order chi connectivity index (χ1) is 17.3. The van der Waals surface area contributed by atoms with Crippen LogP contribution in [0.5, 0.6) is 0 Å². The van der Waals surface area contributed by atoms with Gasteiger partial charge >= 0.3 is 0 Å². The van der Waals surface area contributed by atoms with Crippen LogP contribution in [-0.4, -0.2) is 30.9 Å². The minimum atomic E-state index is 0.291. The molecular formula is C29H24N6. The molecule has 3 aromatic carbocycles. The van der Waals surface area contributed by atoms with E-state index in [1.807, 2.05) is 35.0 Å². The molecule has 6 aromatic rings. The van der Waals surface area contributed by atoms with Gasteiger partial charge in [0.25, 0.3) is 0 Å². The van der Waals surface area contributed by atoms with Gasteiger partial charge in [-0.3, -0.25) is 4.40 Å².